The van der Waals surface area contributed by atoms with Gasteiger partial charge in [-0.3, -0.25) is 4.21 Å². The van der Waals surface area contributed by atoms with Crippen molar-refractivity contribution >= 4 is 17.5 Å². The summed E-state index contributed by atoms with van der Waals surface area (Å²) in [6.07, 6.45) is 2.39. The minimum atomic E-state index is -2.32. The van der Waals surface area contributed by atoms with Crippen molar-refractivity contribution in [2.24, 2.45) is 4.40 Å². The Kier molecular flexibility index (Phi) is 3.45. The topological polar surface area (TPSA) is 52.5 Å². The van der Waals surface area contributed by atoms with Gasteiger partial charge < -0.3 is 4.55 Å². The van der Waals surface area contributed by atoms with Crippen molar-refractivity contribution in [1.82, 2.24) is 0 Å². The molecule has 7 heavy (non-hydrogen) atoms. The van der Waals surface area contributed by atoms with Gasteiger partial charge in [0.05, 0.1) is 11.3 Å². The van der Waals surface area contributed by atoms with Crippen LogP contribution < -0.4 is 0 Å². The Hall–Kier alpha value is -0.480. The number of allylic oxidation sites excluding steroid dienone is 1. The van der Waals surface area contributed by atoms with Crippen LogP contribution >= 0.6 is 0 Å². The molecule has 0 fully saturated rings. The first-order chi connectivity index (χ1) is 3.27. The van der Waals surface area contributed by atoms with E-state index in [1.807, 2.05) is 0 Å². The first-order valence-corrected chi connectivity index (χ1v) is 2.55. The third-order valence-corrected chi connectivity index (χ3v) is 0.546. The summed E-state index contributed by atoms with van der Waals surface area (Å²) >= 11 is -2.32. The summed E-state index contributed by atoms with van der Waals surface area (Å²) in [7, 11) is 0. The normalized spacial score (nSPS) is 14.4. The van der Waals surface area contributed by atoms with Gasteiger partial charge in [0.15, 0.2) is 0 Å². The van der Waals surface area contributed by atoms with Crippen molar-refractivity contribution in [3.8, 4) is 0 Å². The largest absolute Gasteiger partial charge is 0.754 e. The third kappa shape index (κ3) is 5.52. The second-order valence-corrected chi connectivity index (χ2v) is 1.35. The molecule has 0 aromatic heterocycles. The molecule has 0 heterocycles. The van der Waals surface area contributed by atoms with Crippen LogP contribution in [0.4, 0.5) is 0 Å². The van der Waals surface area contributed by atoms with Crippen LogP contribution in [0.3, 0.4) is 0 Å². The van der Waals surface area contributed by atoms with Gasteiger partial charge >= 0.3 is 0 Å². The van der Waals surface area contributed by atoms with Crippen LogP contribution in [0.15, 0.2) is 17.1 Å². The standard InChI is InChI=1S/C3H5NO2S/c1-2-3-4-7(5)6/h2-3H,1H2,(H,5,6)/p-1. The molecule has 0 amide bonds. The van der Waals surface area contributed by atoms with Crippen molar-refractivity contribution in [2.75, 3.05) is 0 Å². The lowest BCUT2D eigenvalue weighted by molar-refractivity contribution is 0.539. The van der Waals surface area contributed by atoms with E-state index in [0.29, 0.717) is 0 Å². The lowest BCUT2D eigenvalue weighted by atomic mass is 10.7. The van der Waals surface area contributed by atoms with E-state index in [0.717, 1.165) is 6.21 Å². The van der Waals surface area contributed by atoms with Crippen LogP contribution in [-0.2, 0) is 11.3 Å². The molecule has 4 heteroatoms. The highest BCUT2D eigenvalue weighted by Crippen LogP contribution is 1.69. The zero-order valence-corrected chi connectivity index (χ0v) is 4.35. The van der Waals surface area contributed by atoms with Crippen LogP contribution in [0.1, 0.15) is 0 Å². The lowest BCUT2D eigenvalue weighted by Gasteiger charge is -1.89. The summed E-state index contributed by atoms with van der Waals surface area (Å²) in [5, 5.41) is 0. The number of nitrogens with zero attached hydrogens (tertiary/aromatic N) is 1. The van der Waals surface area contributed by atoms with E-state index in [9.17, 15) is 8.76 Å². The molecule has 0 radical (unpaired) electrons. The molecular weight excluding hydrogens is 114 g/mol. The van der Waals surface area contributed by atoms with Crippen LogP contribution in [0.2, 0.25) is 0 Å². The van der Waals surface area contributed by atoms with Crippen molar-refractivity contribution in [3.63, 3.8) is 0 Å². The predicted octanol–water partition coefficient (Wildman–Crippen LogP) is 0.0373. The van der Waals surface area contributed by atoms with E-state index in [4.69, 9.17) is 0 Å². The molecule has 0 aliphatic rings. The Balaban J connectivity index is 3.46. The fourth-order valence-corrected chi connectivity index (χ4v) is 0.278. The maximum Gasteiger partial charge on any atom is 0.0676 e. The first kappa shape index (κ1) is 6.52. The number of hydrogen-bond acceptors (Lipinski definition) is 2. The van der Waals surface area contributed by atoms with Gasteiger partial charge in [-0.1, -0.05) is 12.7 Å². The summed E-state index contributed by atoms with van der Waals surface area (Å²) in [4.78, 5) is 0. The molecule has 1 atom stereocenters. The van der Waals surface area contributed by atoms with Crippen LogP contribution in [0, 0.1) is 0 Å². The Bertz CT molecular complexity index is 110. The Morgan fingerprint density at radius 3 is 2.57 bits per heavy atom. The molecule has 1 unspecified atom stereocenters. The number of hydrogen-bond donors (Lipinski definition) is 0. The highest BCUT2D eigenvalue weighted by atomic mass is 32.2. The fourth-order valence-electron chi connectivity index (χ4n) is 0.0927. The summed E-state index contributed by atoms with van der Waals surface area (Å²) in [5.41, 5.74) is 0. The maximum absolute atomic E-state index is 9.51. The molecule has 0 saturated heterocycles. The zero-order valence-electron chi connectivity index (χ0n) is 3.53. The highest BCUT2D eigenvalue weighted by Gasteiger charge is 1.60. The smallest absolute Gasteiger partial charge is 0.0676 e. The first-order valence-electron chi connectivity index (χ1n) is 1.52. The van der Waals surface area contributed by atoms with E-state index in [1.165, 1.54) is 6.08 Å². The Morgan fingerprint density at radius 2 is 2.43 bits per heavy atom. The molecule has 0 saturated carbocycles. The van der Waals surface area contributed by atoms with Gasteiger partial charge in [0.25, 0.3) is 0 Å². The molecule has 0 aliphatic carbocycles. The van der Waals surface area contributed by atoms with Gasteiger partial charge in [-0.2, -0.15) is 0 Å². The van der Waals surface area contributed by atoms with Gasteiger partial charge in [-0.05, 0) is 0 Å². The van der Waals surface area contributed by atoms with Gasteiger partial charge in [-0.25, -0.2) is 4.40 Å². The van der Waals surface area contributed by atoms with Crippen molar-refractivity contribution in [2.45, 2.75) is 0 Å². The van der Waals surface area contributed by atoms with E-state index in [1.54, 1.807) is 0 Å². The summed E-state index contributed by atoms with van der Waals surface area (Å²) in [6, 6.07) is 0. The molecule has 0 aromatic carbocycles. The molecule has 0 N–H and O–H groups in total. The second kappa shape index (κ2) is 3.70. The zero-order chi connectivity index (χ0) is 5.70. The summed E-state index contributed by atoms with van der Waals surface area (Å²) in [6.45, 7) is 3.21. The molecule has 0 spiro atoms. The average Bonchev–Trinajstić information content (AvgIpc) is 1.61. The Morgan fingerprint density at radius 1 is 1.86 bits per heavy atom. The highest BCUT2D eigenvalue weighted by molar-refractivity contribution is 7.77. The summed E-state index contributed by atoms with van der Waals surface area (Å²) in [5.74, 6) is 0. The van der Waals surface area contributed by atoms with E-state index in [-0.39, 0.29) is 0 Å². The SMILES string of the molecule is C=CC=NS(=O)[O-]. The van der Waals surface area contributed by atoms with Gasteiger partial charge in [0.1, 0.15) is 0 Å². The molecular formula is C3H4NO2S-. The van der Waals surface area contributed by atoms with Crippen LogP contribution in [0.5, 0.6) is 0 Å². The fraction of sp³-hybridized carbons (Fsp3) is 0. The molecule has 0 bridgehead atoms. The molecule has 0 aliphatic heterocycles. The van der Waals surface area contributed by atoms with E-state index >= 15 is 0 Å². The van der Waals surface area contributed by atoms with E-state index in [2.05, 4.69) is 11.0 Å². The quantitative estimate of drug-likeness (QED) is 0.379. The van der Waals surface area contributed by atoms with Crippen molar-refractivity contribution < 1.29 is 8.76 Å². The maximum atomic E-state index is 9.51. The predicted molar refractivity (Wildman–Crippen MR) is 27.6 cm³/mol. The lowest BCUT2D eigenvalue weighted by Crippen LogP contribution is -1.77. The molecule has 0 rings (SSSR count). The van der Waals surface area contributed by atoms with Gasteiger partial charge in [0.2, 0.25) is 0 Å². The van der Waals surface area contributed by atoms with Crippen molar-refractivity contribution in [1.29, 1.82) is 0 Å². The average molecular weight is 118 g/mol. The molecule has 3 nitrogen and oxygen atoms in total. The van der Waals surface area contributed by atoms with Crippen LogP contribution in [0.25, 0.3) is 0 Å². The second-order valence-electron chi connectivity index (χ2n) is 0.707. The molecule has 0 aromatic rings. The van der Waals surface area contributed by atoms with Gasteiger partial charge in [-0.15, -0.1) is 0 Å². The Labute approximate surface area is 44.2 Å². The molecule has 40 valence electrons. The third-order valence-electron chi connectivity index (χ3n) is 0.252. The van der Waals surface area contributed by atoms with E-state index < -0.39 is 11.3 Å². The monoisotopic (exact) mass is 118 g/mol. The van der Waals surface area contributed by atoms with Gasteiger partial charge in [0, 0.05) is 6.21 Å². The number of rotatable bonds is 2. The summed E-state index contributed by atoms with van der Waals surface area (Å²) < 4.78 is 21.9. The minimum Gasteiger partial charge on any atom is -0.754 e. The minimum absolute atomic E-state index is 1.10. The van der Waals surface area contributed by atoms with Crippen LogP contribution in [-0.4, -0.2) is 15.0 Å². The van der Waals surface area contributed by atoms with Crippen molar-refractivity contribution in [3.05, 3.63) is 12.7 Å².